The van der Waals surface area contributed by atoms with Crippen LogP contribution in [-0.2, 0) is 0 Å². The number of aromatic amines is 2. The van der Waals surface area contributed by atoms with Gasteiger partial charge in [-0.25, -0.2) is 9.97 Å². The van der Waals surface area contributed by atoms with E-state index >= 15 is 0 Å². The van der Waals surface area contributed by atoms with Gasteiger partial charge >= 0.3 is 0 Å². The Labute approximate surface area is 99.0 Å². The summed E-state index contributed by atoms with van der Waals surface area (Å²) >= 11 is 11.6. The lowest BCUT2D eigenvalue weighted by Gasteiger charge is -1.92. The maximum atomic E-state index is 5.85. The fourth-order valence-electron chi connectivity index (χ4n) is 1.33. The largest absolute Gasteiger partial charge is 0.335 e. The molecule has 0 bridgehead atoms. The third-order valence-electron chi connectivity index (χ3n) is 2.04. The molecule has 0 saturated carbocycles. The Bertz CT molecular complexity index is 605. The Morgan fingerprint density at radius 1 is 1.19 bits per heavy atom. The summed E-state index contributed by atoms with van der Waals surface area (Å²) in [5.41, 5.74) is 1.80. The lowest BCUT2D eigenvalue weighted by molar-refractivity contribution is 0.940. The number of H-pyrrole nitrogens is 2. The van der Waals surface area contributed by atoms with Crippen molar-refractivity contribution in [1.29, 1.82) is 0 Å². The van der Waals surface area contributed by atoms with Gasteiger partial charge in [0.1, 0.15) is 10.8 Å². The van der Waals surface area contributed by atoms with Crippen molar-refractivity contribution < 1.29 is 0 Å². The van der Waals surface area contributed by atoms with Gasteiger partial charge in [0.05, 0.1) is 16.7 Å². The minimum Gasteiger partial charge on any atom is -0.335 e. The number of halogens is 2. The van der Waals surface area contributed by atoms with E-state index in [0.717, 1.165) is 0 Å². The lowest BCUT2D eigenvalue weighted by Crippen LogP contribution is -1.80. The first-order valence-corrected chi connectivity index (χ1v) is 5.07. The minimum atomic E-state index is 0.229. The number of fused-ring (bicyclic) bond motifs is 1. The van der Waals surface area contributed by atoms with Crippen molar-refractivity contribution in [2.24, 2.45) is 0 Å². The van der Waals surface area contributed by atoms with Gasteiger partial charge in [-0.1, -0.05) is 23.2 Å². The molecule has 0 saturated heterocycles. The monoisotopic (exact) mass is 254 g/mol. The lowest BCUT2D eigenvalue weighted by atomic mass is 10.4. The number of nitrogens with zero attached hydrogens (tertiary/aromatic N) is 4. The molecule has 0 amide bonds. The van der Waals surface area contributed by atoms with Crippen LogP contribution in [-0.4, -0.2) is 30.4 Å². The average Bonchev–Trinajstić information content (AvgIpc) is 2.86. The van der Waals surface area contributed by atoms with Crippen LogP contribution in [0.15, 0.2) is 12.3 Å². The quantitative estimate of drug-likeness (QED) is 0.652. The third kappa shape index (κ3) is 1.43. The van der Waals surface area contributed by atoms with Crippen molar-refractivity contribution in [1.82, 2.24) is 30.4 Å². The molecule has 6 nitrogen and oxygen atoms in total. The van der Waals surface area contributed by atoms with Crippen molar-refractivity contribution in [3.63, 3.8) is 0 Å². The van der Waals surface area contributed by atoms with Crippen molar-refractivity contribution in [2.45, 2.75) is 0 Å². The molecule has 0 aliphatic heterocycles. The molecule has 3 heterocycles. The maximum Gasteiger partial charge on any atom is 0.179 e. The van der Waals surface area contributed by atoms with Crippen molar-refractivity contribution in [3.05, 3.63) is 22.4 Å². The van der Waals surface area contributed by atoms with Gasteiger partial charge in [0.25, 0.3) is 0 Å². The molecule has 0 fully saturated rings. The topological polar surface area (TPSA) is 83.1 Å². The van der Waals surface area contributed by atoms with Crippen LogP contribution in [0, 0.1) is 0 Å². The third-order valence-corrected chi connectivity index (χ3v) is 2.71. The van der Waals surface area contributed by atoms with E-state index < -0.39 is 0 Å². The molecule has 0 aliphatic rings. The van der Waals surface area contributed by atoms with E-state index in [1.807, 2.05) is 0 Å². The highest BCUT2D eigenvalue weighted by Crippen LogP contribution is 2.24. The molecule has 2 N–H and O–H groups in total. The molecule has 16 heavy (non-hydrogen) atoms. The van der Waals surface area contributed by atoms with Gasteiger partial charge in [-0.2, -0.15) is 15.4 Å². The number of aromatic nitrogens is 6. The molecule has 3 aromatic rings. The smallest absolute Gasteiger partial charge is 0.179 e. The van der Waals surface area contributed by atoms with Gasteiger partial charge < -0.3 is 4.98 Å². The number of pyridine rings is 1. The Kier molecular flexibility index (Phi) is 2.05. The normalized spacial score (nSPS) is 11.1. The molecular formula is C8H4Cl2N6. The van der Waals surface area contributed by atoms with Crippen LogP contribution in [0.3, 0.4) is 0 Å². The second-order valence-electron chi connectivity index (χ2n) is 3.07. The minimum absolute atomic E-state index is 0.229. The first kappa shape index (κ1) is 9.56. The van der Waals surface area contributed by atoms with E-state index in [1.165, 1.54) is 0 Å². The Morgan fingerprint density at radius 2 is 2.06 bits per heavy atom. The van der Waals surface area contributed by atoms with E-state index in [1.54, 1.807) is 12.3 Å². The van der Waals surface area contributed by atoms with E-state index in [-0.39, 0.29) is 5.15 Å². The van der Waals surface area contributed by atoms with E-state index in [4.69, 9.17) is 23.2 Å². The van der Waals surface area contributed by atoms with Crippen LogP contribution in [0.4, 0.5) is 0 Å². The molecule has 80 valence electrons. The first-order valence-electron chi connectivity index (χ1n) is 4.32. The summed E-state index contributed by atoms with van der Waals surface area (Å²) in [6.45, 7) is 0. The summed E-state index contributed by atoms with van der Waals surface area (Å²) in [4.78, 5) is 11.3. The molecule has 3 rings (SSSR count). The second-order valence-corrected chi connectivity index (χ2v) is 3.84. The second kappa shape index (κ2) is 3.43. The van der Waals surface area contributed by atoms with Crippen molar-refractivity contribution in [2.75, 3.05) is 0 Å². The van der Waals surface area contributed by atoms with Crippen molar-refractivity contribution in [3.8, 4) is 11.5 Å². The average molecular weight is 255 g/mol. The Morgan fingerprint density at radius 3 is 2.81 bits per heavy atom. The summed E-state index contributed by atoms with van der Waals surface area (Å²) in [6, 6.07) is 1.67. The Balaban J connectivity index is 2.23. The number of imidazole rings is 1. The predicted molar refractivity (Wildman–Crippen MR) is 59.3 cm³/mol. The van der Waals surface area contributed by atoms with E-state index in [2.05, 4.69) is 30.4 Å². The van der Waals surface area contributed by atoms with Gasteiger partial charge in [-0.3, -0.25) is 0 Å². The van der Waals surface area contributed by atoms with Gasteiger partial charge in [-0.15, -0.1) is 0 Å². The number of nitrogens with one attached hydrogen (secondary N) is 2. The molecule has 0 radical (unpaired) electrons. The zero-order chi connectivity index (χ0) is 11.1. The summed E-state index contributed by atoms with van der Waals surface area (Å²) in [5.74, 6) is 0.564. The van der Waals surface area contributed by atoms with Crippen LogP contribution in [0.5, 0.6) is 0 Å². The molecule has 0 aliphatic carbocycles. The van der Waals surface area contributed by atoms with Crippen LogP contribution < -0.4 is 0 Å². The summed E-state index contributed by atoms with van der Waals surface area (Å²) in [6.07, 6.45) is 1.56. The van der Waals surface area contributed by atoms with E-state index in [0.29, 0.717) is 27.7 Å². The SMILES string of the molecule is Clc1cc2[nH]c(-c3cn[nH]n3)nc2nc1Cl. The van der Waals surface area contributed by atoms with Crippen LogP contribution >= 0.6 is 23.2 Å². The summed E-state index contributed by atoms with van der Waals surface area (Å²) < 4.78 is 0. The Hall–Kier alpha value is -1.66. The standard InChI is InChI=1S/C8H4Cl2N6/c9-3-1-4-7(13-6(3)10)14-8(12-4)5-2-11-16-15-5/h1-2H,(H,11,15,16)(H,12,13,14). The van der Waals surface area contributed by atoms with Crippen molar-refractivity contribution >= 4 is 34.4 Å². The molecular weight excluding hydrogens is 251 g/mol. The first-order chi connectivity index (χ1) is 7.74. The molecule has 0 aromatic carbocycles. The fourth-order valence-corrected chi connectivity index (χ4v) is 1.62. The van der Waals surface area contributed by atoms with Crippen LogP contribution in [0.1, 0.15) is 0 Å². The van der Waals surface area contributed by atoms with Gasteiger partial charge in [0.15, 0.2) is 11.5 Å². The van der Waals surface area contributed by atoms with Crippen LogP contribution in [0.25, 0.3) is 22.7 Å². The highest BCUT2D eigenvalue weighted by molar-refractivity contribution is 6.41. The molecule has 0 unspecified atom stereocenters. The molecule has 3 aromatic heterocycles. The zero-order valence-corrected chi connectivity index (χ0v) is 9.21. The zero-order valence-electron chi connectivity index (χ0n) is 7.70. The maximum absolute atomic E-state index is 5.85. The number of hydrogen-bond donors (Lipinski definition) is 2. The number of hydrogen-bond acceptors (Lipinski definition) is 4. The van der Waals surface area contributed by atoms with Crippen LogP contribution in [0.2, 0.25) is 10.2 Å². The molecule has 0 spiro atoms. The number of rotatable bonds is 1. The highest BCUT2D eigenvalue weighted by Gasteiger charge is 2.10. The summed E-state index contributed by atoms with van der Waals surface area (Å²) in [7, 11) is 0. The van der Waals surface area contributed by atoms with E-state index in [9.17, 15) is 0 Å². The predicted octanol–water partition coefficient (Wildman–Crippen LogP) is 2.05. The molecule has 8 heteroatoms. The van der Waals surface area contributed by atoms with Gasteiger partial charge in [0.2, 0.25) is 0 Å². The highest BCUT2D eigenvalue weighted by atomic mass is 35.5. The molecule has 0 atom stereocenters. The van der Waals surface area contributed by atoms with Gasteiger partial charge in [0, 0.05) is 0 Å². The van der Waals surface area contributed by atoms with Gasteiger partial charge in [-0.05, 0) is 6.07 Å². The fraction of sp³-hybridized carbons (Fsp3) is 0. The summed E-state index contributed by atoms with van der Waals surface area (Å²) in [5, 5.41) is 10.7.